The van der Waals surface area contributed by atoms with Gasteiger partial charge in [0, 0.05) is 18.5 Å². The van der Waals surface area contributed by atoms with Crippen molar-refractivity contribution in [2.24, 2.45) is 5.10 Å². The van der Waals surface area contributed by atoms with Crippen molar-refractivity contribution in [1.29, 1.82) is 0 Å². The smallest absolute Gasteiger partial charge is 0.190 e. The minimum absolute atomic E-state index is 0.105. The maximum absolute atomic E-state index is 5.79. The van der Waals surface area contributed by atoms with Gasteiger partial charge in [0.2, 0.25) is 0 Å². The number of methoxy groups -OCH3 is 2. The summed E-state index contributed by atoms with van der Waals surface area (Å²) < 4.78 is 11.2. The molecule has 1 aliphatic rings. The summed E-state index contributed by atoms with van der Waals surface area (Å²) in [6.45, 7) is 2.71. The largest absolute Gasteiger partial charge is 0.497 e. The second-order valence-electron chi connectivity index (χ2n) is 7.73. The molecular formula is C26H27N3O2S. The molecule has 5 nitrogen and oxygen atoms in total. The molecule has 0 bridgehead atoms. The van der Waals surface area contributed by atoms with Crippen molar-refractivity contribution in [3.05, 3.63) is 95.1 Å². The van der Waals surface area contributed by atoms with Crippen LogP contribution in [0.1, 0.15) is 34.7 Å². The molecule has 0 spiro atoms. The molecule has 1 aliphatic heterocycles. The first-order chi connectivity index (χ1) is 15.6. The van der Waals surface area contributed by atoms with Gasteiger partial charge in [0.25, 0.3) is 0 Å². The summed E-state index contributed by atoms with van der Waals surface area (Å²) in [4.78, 5) is 0. The lowest BCUT2D eigenvalue weighted by atomic mass is 9.97. The number of aryl methyl sites for hydroxylation is 1. The maximum atomic E-state index is 5.79. The maximum Gasteiger partial charge on any atom is 0.190 e. The van der Waals surface area contributed by atoms with Crippen LogP contribution in [0.15, 0.2) is 77.9 Å². The number of hydrogen-bond donors (Lipinski definition) is 1. The normalized spacial score (nSPS) is 15.3. The highest BCUT2D eigenvalue weighted by Gasteiger charge is 2.33. The fraction of sp³-hybridized carbons (Fsp3) is 0.231. The number of ether oxygens (including phenoxy) is 2. The van der Waals surface area contributed by atoms with Crippen LogP contribution >= 0.6 is 12.2 Å². The minimum atomic E-state index is -0.105. The number of thiocarbonyl (C=S) groups is 1. The number of hydrazone groups is 1. The zero-order chi connectivity index (χ0) is 22.5. The molecule has 32 heavy (non-hydrogen) atoms. The third-order valence-corrected chi connectivity index (χ3v) is 5.92. The molecule has 0 unspecified atom stereocenters. The molecule has 164 valence electrons. The Morgan fingerprint density at radius 1 is 1.03 bits per heavy atom. The Labute approximate surface area is 194 Å². The Kier molecular flexibility index (Phi) is 6.71. The summed E-state index contributed by atoms with van der Waals surface area (Å²) in [5, 5.41) is 10.8. The van der Waals surface area contributed by atoms with E-state index >= 15 is 0 Å². The molecule has 1 atom stereocenters. The van der Waals surface area contributed by atoms with Gasteiger partial charge in [-0.25, -0.2) is 5.01 Å². The number of rotatable bonds is 6. The first kappa shape index (κ1) is 21.8. The molecule has 0 fully saturated rings. The van der Waals surface area contributed by atoms with Crippen LogP contribution in [0.4, 0.5) is 0 Å². The standard InChI is InChI=1S/C26H27N3O2S/c1-18-9-11-20(12-10-18)23-16-24(22-15-21(30-2)13-14-25(22)31-3)29(28-23)26(32)27-17-19-7-5-4-6-8-19/h4-15,24H,16-17H2,1-3H3,(H,27,32)/t24-/m1/s1. The Bertz CT molecular complexity index is 1110. The molecule has 0 saturated carbocycles. The van der Waals surface area contributed by atoms with E-state index in [0.29, 0.717) is 18.1 Å². The zero-order valence-electron chi connectivity index (χ0n) is 18.5. The first-order valence-electron chi connectivity index (χ1n) is 10.6. The molecule has 6 heteroatoms. The van der Waals surface area contributed by atoms with Gasteiger partial charge in [-0.3, -0.25) is 0 Å². The minimum Gasteiger partial charge on any atom is -0.497 e. The summed E-state index contributed by atoms with van der Waals surface area (Å²) in [5.74, 6) is 1.56. The first-order valence-corrected chi connectivity index (χ1v) is 11.0. The average molecular weight is 446 g/mol. The van der Waals surface area contributed by atoms with Crippen molar-refractivity contribution in [2.45, 2.75) is 25.9 Å². The molecule has 1 N–H and O–H groups in total. The van der Waals surface area contributed by atoms with Crippen molar-refractivity contribution in [1.82, 2.24) is 10.3 Å². The Morgan fingerprint density at radius 2 is 1.78 bits per heavy atom. The third kappa shape index (κ3) is 4.75. The second kappa shape index (κ2) is 9.83. The van der Waals surface area contributed by atoms with Crippen LogP contribution in [0.25, 0.3) is 0 Å². The Balaban J connectivity index is 1.66. The van der Waals surface area contributed by atoms with Crippen LogP contribution in [0.5, 0.6) is 11.5 Å². The summed E-state index contributed by atoms with van der Waals surface area (Å²) >= 11 is 5.79. The van der Waals surface area contributed by atoms with Gasteiger partial charge in [-0.2, -0.15) is 5.10 Å². The third-order valence-electron chi connectivity index (χ3n) is 5.59. The predicted octanol–water partition coefficient (Wildman–Crippen LogP) is 5.24. The van der Waals surface area contributed by atoms with Crippen LogP contribution in [0.2, 0.25) is 0 Å². The van der Waals surface area contributed by atoms with E-state index in [9.17, 15) is 0 Å². The predicted molar refractivity (Wildman–Crippen MR) is 132 cm³/mol. The summed E-state index contributed by atoms with van der Waals surface area (Å²) in [6, 6.07) is 24.3. The van der Waals surface area contributed by atoms with Gasteiger partial charge in [0.15, 0.2) is 5.11 Å². The van der Waals surface area contributed by atoms with Gasteiger partial charge >= 0.3 is 0 Å². The second-order valence-corrected chi connectivity index (χ2v) is 8.12. The van der Waals surface area contributed by atoms with Gasteiger partial charge in [0.05, 0.1) is 26.0 Å². The summed E-state index contributed by atoms with van der Waals surface area (Å²) in [6.07, 6.45) is 0.708. The van der Waals surface area contributed by atoms with Crippen molar-refractivity contribution >= 4 is 23.0 Å². The quantitative estimate of drug-likeness (QED) is 0.526. The van der Waals surface area contributed by atoms with Crippen molar-refractivity contribution in [3.63, 3.8) is 0 Å². The highest BCUT2D eigenvalue weighted by molar-refractivity contribution is 7.80. The van der Waals surface area contributed by atoms with Crippen LogP contribution < -0.4 is 14.8 Å². The number of nitrogens with one attached hydrogen (secondary N) is 1. The van der Waals surface area contributed by atoms with Crippen LogP contribution in [0, 0.1) is 6.92 Å². The average Bonchev–Trinajstić information content (AvgIpc) is 3.28. The molecule has 0 aliphatic carbocycles. The van der Waals surface area contributed by atoms with Gasteiger partial charge in [0.1, 0.15) is 11.5 Å². The fourth-order valence-corrected chi connectivity index (χ4v) is 4.05. The van der Waals surface area contributed by atoms with E-state index < -0.39 is 0 Å². The summed E-state index contributed by atoms with van der Waals surface area (Å²) in [5.41, 5.74) is 5.45. The number of benzene rings is 3. The molecule has 3 aromatic rings. The number of hydrogen-bond acceptors (Lipinski definition) is 4. The van der Waals surface area contributed by atoms with Gasteiger partial charge in [-0.05, 0) is 48.5 Å². The van der Waals surface area contributed by atoms with Crippen molar-refractivity contribution in [2.75, 3.05) is 14.2 Å². The van der Waals surface area contributed by atoms with Crippen molar-refractivity contribution in [3.8, 4) is 11.5 Å². The van der Waals surface area contributed by atoms with E-state index in [0.717, 1.165) is 33.9 Å². The number of nitrogens with zero attached hydrogens (tertiary/aromatic N) is 2. The SMILES string of the molecule is COc1ccc(OC)c([C@H]2CC(c3ccc(C)cc3)=NN2C(=S)NCc2ccccc2)c1. The van der Waals surface area contributed by atoms with Gasteiger partial charge in [-0.1, -0.05) is 60.2 Å². The Morgan fingerprint density at radius 3 is 2.47 bits per heavy atom. The molecular weight excluding hydrogens is 418 g/mol. The van der Waals surface area contributed by atoms with Crippen LogP contribution in [-0.2, 0) is 6.54 Å². The van der Waals surface area contributed by atoms with E-state index in [1.165, 1.54) is 5.56 Å². The van der Waals surface area contributed by atoms with Gasteiger partial charge < -0.3 is 14.8 Å². The Hall–Kier alpha value is -3.38. The van der Waals surface area contributed by atoms with E-state index in [1.807, 2.05) is 41.4 Å². The molecule has 0 saturated heterocycles. The van der Waals surface area contributed by atoms with E-state index in [1.54, 1.807) is 14.2 Å². The van der Waals surface area contributed by atoms with Crippen LogP contribution in [-0.4, -0.2) is 30.1 Å². The summed E-state index contributed by atoms with van der Waals surface area (Å²) in [7, 11) is 3.34. The molecule has 0 amide bonds. The molecule has 0 aromatic heterocycles. The van der Waals surface area contributed by atoms with E-state index in [-0.39, 0.29) is 6.04 Å². The van der Waals surface area contributed by atoms with E-state index in [2.05, 4.69) is 48.6 Å². The van der Waals surface area contributed by atoms with Crippen LogP contribution in [0.3, 0.4) is 0 Å². The lowest BCUT2D eigenvalue weighted by Crippen LogP contribution is -2.36. The van der Waals surface area contributed by atoms with E-state index in [4.69, 9.17) is 26.8 Å². The molecule has 1 heterocycles. The molecule has 4 rings (SSSR count). The fourth-order valence-electron chi connectivity index (χ4n) is 3.81. The molecule has 3 aromatic carbocycles. The highest BCUT2D eigenvalue weighted by Crippen LogP contribution is 2.39. The van der Waals surface area contributed by atoms with Gasteiger partial charge in [-0.15, -0.1) is 0 Å². The van der Waals surface area contributed by atoms with Crippen molar-refractivity contribution < 1.29 is 9.47 Å². The molecule has 0 radical (unpaired) electrons. The topological polar surface area (TPSA) is 46.1 Å². The lowest BCUT2D eigenvalue weighted by molar-refractivity contribution is 0.339. The monoisotopic (exact) mass is 445 g/mol. The zero-order valence-corrected chi connectivity index (χ0v) is 19.4. The highest BCUT2D eigenvalue weighted by atomic mass is 32.1. The lowest BCUT2D eigenvalue weighted by Gasteiger charge is -2.26.